The number of alkyl halides is 1. The molecule has 1 atom stereocenters. The number of carbonyl (C=O) groups excluding carboxylic acids is 1. The molecular formula is C23H21IN2O4S. The van der Waals surface area contributed by atoms with Crippen LogP contribution in [-0.2, 0) is 8.34 Å². The second-order valence-corrected chi connectivity index (χ2v) is 9.93. The number of para-hydroxylation sites is 1. The van der Waals surface area contributed by atoms with Gasteiger partial charge in [-0.1, -0.05) is 30.3 Å². The van der Waals surface area contributed by atoms with E-state index in [2.05, 4.69) is 22.6 Å². The number of aromatic carboxylic acids is 1. The summed E-state index contributed by atoms with van der Waals surface area (Å²) in [5.41, 5.74) is 1.70. The molecule has 3 aromatic rings. The standard InChI is InChI=1S/C23H21IN2O4S/c24-23(22-25-19(15-31-22)16-7-6-8-17(13-16)21(28)29)11-4-5-12-26(23)20(27)14-30-18-9-2-1-3-10-18/h1-3,6-10,13,15H,4-5,11-12,14H2,(H,28,29). The number of thiazole rings is 1. The van der Waals surface area contributed by atoms with Gasteiger partial charge in [0.1, 0.15) is 14.3 Å². The molecule has 1 fully saturated rings. The highest BCUT2D eigenvalue weighted by atomic mass is 127. The van der Waals surface area contributed by atoms with Gasteiger partial charge in [0.05, 0.1) is 11.3 Å². The average Bonchev–Trinajstić information content (AvgIpc) is 3.30. The number of carbonyl (C=O) groups is 2. The summed E-state index contributed by atoms with van der Waals surface area (Å²) in [5.74, 6) is -0.366. The Balaban J connectivity index is 1.56. The predicted molar refractivity (Wildman–Crippen MR) is 128 cm³/mol. The number of ether oxygens (including phenoxy) is 1. The van der Waals surface area contributed by atoms with E-state index in [9.17, 15) is 14.7 Å². The fourth-order valence-electron chi connectivity index (χ4n) is 3.62. The Morgan fingerprint density at radius 2 is 1.97 bits per heavy atom. The minimum absolute atomic E-state index is 0.0202. The highest BCUT2D eigenvalue weighted by Gasteiger charge is 2.43. The molecule has 0 bridgehead atoms. The summed E-state index contributed by atoms with van der Waals surface area (Å²) in [4.78, 5) is 31.0. The van der Waals surface area contributed by atoms with Crippen molar-refractivity contribution in [2.45, 2.75) is 22.8 Å². The fourth-order valence-corrected chi connectivity index (χ4v) is 5.97. The number of amides is 1. The first kappa shape index (κ1) is 21.8. The summed E-state index contributed by atoms with van der Waals surface area (Å²) in [6, 6.07) is 16.1. The van der Waals surface area contributed by atoms with Crippen molar-refractivity contribution in [1.29, 1.82) is 0 Å². The summed E-state index contributed by atoms with van der Waals surface area (Å²) < 4.78 is 5.15. The van der Waals surface area contributed by atoms with Gasteiger partial charge in [-0.15, -0.1) is 11.3 Å². The van der Waals surface area contributed by atoms with Crippen LogP contribution in [0.15, 0.2) is 60.0 Å². The second-order valence-electron chi connectivity index (χ2n) is 7.29. The first-order chi connectivity index (χ1) is 15.0. The Hall–Kier alpha value is -2.46. The Morgan fingerprint density at radius 1 is 1.16 bits per heavy atom. The Bertz CT molecular complexity index is 1090. The van der Waals surface area contributed by atoms with Crippen molar-refractivity contribution in [2.75, 3.05) is 13.2 Å². The van der Waals surface area contributed by atoms with Gasteiger partial charge in [-0.3, -0.25) is 4.79 Å². The minimum atomic E-state index is -0.967. The molecule has 6 nitrogen and oxygen atoms in total. The van der Waals surface area contributed by atoms with Gasteiger partial charge in [0, 0.05) is 17.5 Å². The maximum atomic E-state index is 13.1. The molecule has 4 rings (SSSR count). The molecule has 1 aliphatic rings. The number of benzene rings is 2. The summed E-state index contributed by atoms with van der Waals surface area (Å²) in [7, 11) is 0. The highest BCUT2D eigenvalue weighted by Crippen LogP contribution is 2.45. The van der Waals surface area contributed by atoms with Gasteiger partial charge in [-0.25, -0.2) is 9.78 Å². The van der Waals surface area contributed by atoms with E-state index in [-0.39, 0.29) is 18.1 Å². The quantitative estimate of drug-likeness (QED) is 0.261. The number of nitrogens with zero attached hydrogens (tertiary/aromatic N) is 2. The first-order valence-electron chi connectivity index (χ1n) is 9.94. The topological polar surface area (TPSA) is 79.7 Å². The van der Waals surface area contributed by atoms with Crippen molar-refractivity contribution in [3.63, 3.8) is 0 Å². The zero-order valence-corrected chi connectivity index (χ0v) is 19.6. The first-order valence-corrected chi connectivity index (χ1v) is 11.9. The van der Waals surface area contributed by atoms with Gasteiger partial charge in [0.25, 0.3) is 5.91 Å². The lowest BCUT2D eigenvalue weighted by Crippen LogP contribution is -2.50. The maximum absolute atomic E-state index is 13.1. The van der Waals surface area contributed by atoms with Crippen molar-refractivity contribution in [1.82, 2.24) is 9.88 Å². The number of likely N-dealkylation sites (tertiary alicyclic amines) is 1. The van der Waals surface area contributed by atoms with Gasteiger partial charge in [-0.05, 0) is 66.1 Å². The molecule has 0 spiro atoms. The van der Waals surface area contributed by atoms with Crippen LogP contribution in [0, 0.1) is 0 Å². The molecule has 31 heavy (non-hydrogen) atoms. The lowest BCUT2D eigenvalue weighted by molar-refractivity contribution is -0.138. The minimum Gasteiger partial charge on any atom is -0.484 e. The van der Waals surface area contributed by atoms with Crippen LogP contribution in [0.5, 0.6) is 5.75 Å². The third-order valence-electron chi connectivity index (χ3n) is 5.21. The number of carboxylic acid groups (broad SMARTS) is 1. The Labute approximate surface area is 198 Å². The number of carboxylic acids is 1. The smallest absolute Gasteiger partial charge is 0.335 e. The van der Waals surface area contributed by atoms with E-state index in [1.165, 1.54) is 11.3 Å². The molecule has 1 aromatic heterocycles. The lowest BCUT2D eigenvalue weighted by Gasteiger charge is -2.41. The molecule has 2 heterocycles. The van der Waals surface area contributed by atoms with E-state index >= 15 is 0 Å². The van der Waals surface area contributed by atoms with Crippen LogP contribution in [0.2, 0.25) is 0 Å². The van der Waals surface area contributed by atoms with Crippen LogP contribution in [-0.4, -0.2) is 40.0 Å². The van der Waals surface area contributed by atoms with Gasteiger partial charge in [-0.2, -0.15) is 0 Å². The van der Waals surface area contributed by atoms with Crippen LogP contribution in [0.3, 0.4) is 0 Å². The van der Waals surface area contributed by atoms with Crippen LogP contribution >= 0.6 is 33.9 Å². The van der Waals surface area contributed by atoms with Crippen molar-refractivity contribution in [2.24, 2.45) is 0 Å². The van der Waals surface area contributed by atoms with E-state index in [0.717, 1.165) is 35.5 Å². The van der Waals surface area contributed by atoms with Crippen LogP contribution in [0.1, 0.15) is 34.6 Å². The molecule has 8 heteroatoms. The predicted octanol–water partition coefficient (Wildman–Crippen LogP) is 5.19. The number of piperidine rings is 1. The van der Waals surface area contributed by atoms with Crippen molar-refractivity contribution in [3.05, 3.63) is 70.5 Å². The van der Waals surface area contributed by atoms with Crippen LogP contribution < -0.4 is 4.74 Å². The third-order valence-corrected chi connectivity index (χ3v) is 8.20. The van der Waals surface area contributed by atoms with Gasteiger partial charge < -0.3 is 14.7 Å². The number of aromatic nitrogens is 1. The monoisotopic (exact) mass is 548 g/mol. The lowest BCUT2D eigenvalue weighted by atomic mass is 10.0. The summed E-state index contributed by atoms with van der Waals surface area (Å²) in [5, 5.41) is 12.0. The molecule has 1 aliphatic heterocycles. The van der Waals surface area contributed by atoms with Crippen LogP contribution in [0.4, 0.5) is 0 Å². The Morgan fingerprint density at radius 3 is 2.74 bits per heavy atom. The molecular weight excluding hydrogens is 527 g/mol. The molecule has 0 aliphatic carbocycles. The van der Waals surface area contributed by atoms with E-state index in [1.54, 1.807) is 18.2 Å². The highest BCUT2D eigenvalue weighted by molar-refractivity contribution is 14.1. The zero-order valence-electron chi connectivity index (χ0n) is 16.7. The SMILES string of the molecule is O=C(O)c1cccc(-c2csc(C3(I)CCCCN3C(=O)COc3ccccc3)n2)c1. The van der Waals surface area contributed by atoms with Gasteiger partial charge in [0.2, 0.25) is 0 Å². The molecule has 0 saturated carbocycles. The third kappa shape index (κ3) is 4.74. The van der Waals surface area contributed by atoms with Gasteiger partial charge in [0.15, 0.2) is 6.61 Å². The maximum Gasteiger partial charge on any atom is 0.335 e. The van der Waals surface area contributed by atoms with Crippen molar-refractivity contribution in [3.8, 4) is 17.0 Å². The molecule has 2 aromatic carbocycles. The summed E-state index contributed by atoms with van der Waals surface area (Å²) >= 11 is 3.84. The molecule has 1 N–H and O–H groups in total. The van der Waals surface area contributed by atoms with E-state index in [1.807, 2.05) is 46.7 Å². The molecule has 1 saturated heterocycles. The molecule has 0 radical (unpaired) electrons. The number of hydrogen-bond acceptors (Lipinski definition) is 5. The molecule has 1 amide bonds. The van der Waals surface area contributed by atoms with E-state index in [0.29, 0.717) is 12.3 Å². The average molecular weight is 548 g/mol. The normalized spacial score (nSPS) is 18.5. The number of halogens is 1. The molecule has 1 unspecified atom stereocenters. The van der Waals surface area contributed by atoms with Crippen molar-refractivity contribution >= 4 is 45.8 Å². The van der Waals surface area contributed by atoms with Gasteiger partial charge >= 0.3 is 5.97 Å². The summed E-state index contributed by atoms with van der Waals surface area (Å²) in [6.07, 6.45) is 2.77. The largest absolute Gasteiger partial charge is 0.484 e. The molecule has 160 valence electrons. The summed E-state index contributed by atoms with van der Waals surface area (Å²) in [6.45, 7) is 0.636. The van der Waals surface area contributed by atoms with E-state index < -0.39 is 9.51 Å². The number of hydrogen-bond donors (Lipinski definition) is 1. The van der Waals surface area contributed by atoms with Crippen molar-refractivity contribution < 1.29 is 19.4 Å². The van der Waals surface area contributed by atoms with Crippen LogP contribution in [0.25, 0.3) is 11.3 Å². The number of rotatable bonds is 6. The zero-order chi connectivity index (χ0) is 21.8. The van der Waals surface area contributed by atoms with E-state index in [4.69, 9.17) is 9.72 Å². The second kappa shape index (κ2) is 9.35. The Kier molecular flexibility index (Phi) is 6.57. The fraction of sp³-hybridized carbons (Fsp3) is 0.261.